The molecule has 0 aromatic heterocycles. The zero-order chi connectivity index (χ0) is 11.5. The van der Waals surface area contributed by atoms with Crippen molar-refractivity contribution in [1.29, 1.82) is 0 Å². The number of nitrogens with one attached hydrogen (secondary N) is 1. The molecule has 3 nitrogen and oxygen atoms in total. The van der Waals surface area contributed by atoms with Gasteiger partial charge >= 0.3 is 0 Å². The minimum Gasteiger partial charge on any atom is -0.497 e. The van der Waals surface area contributed by atoms with Crippen LogP contribution in [0.2, 0.25) is 0 Å². The SMILES string of the molecule is COc1ccc(Br)c(NC2CC(OC)C2)c1. The lowest BCUT2D eigenvalue weighted by Gasteiger charge is -2.35. The van der Waals surface area contributed by atoms with Gasteiger partial charge < -0.3 is 14.8 Å². The van der Waals surface area contributed by atoms with Gasteiger partial charge in [0.15, 0.2) is 0 Å². The Morgan fingerprint density at radius 3 is 2.69 bits per heavy atom. The quantitative estimate of drug-likeness (QED) is 0.922. The lowest BCUT2D eigenvalue weighted by Crippen LogP contribution is -2.40. The van der Waals surface area contributed by atoms with E-state index in [0.717, 1.165) is 28.8 Å². The molecule has 0 amide bonds. The Morgan fingerprint density at radius 2 is 2.06 bits per heavy atom. The van der Waals surface area contributed by atoms with Crippen LogP contribution in [0.4, 0.5) is 5.69 Å². The van der Waals surface area contributed by atoms with E-state index >= 15 is 0 Å². The molecule has 4 heteroatoms. The molecular weight excluding hydrogens is 270 g/mol. The number of benzene rings is 1. The Morgan fingerprint density at radius 1 is 1.31 bits per heavy atom. The molecule has 88 valence electrons. The molecule has 2 rings (SSSR count). The van der Waals surface area contributed by atoms with Gasteiger partial charge in [0.2, 0.25) is 0 Å². The maximum Gasteiger partial charge on any atom is 0.121 e. The van der Waals surface area contributed by atoms with E-state index in [1.807, 2.05) is 18.2 Å². The summed E-state index contributed by atoms with van der Waals surface area (Å²) in [6, 6.07) is 6.44. The first-order chi connectivity index (χ1) is 7.72. The first-order valence-corrected chi connectivity index (χ1v) is 6.15. The molecule has 16 heavy (non-hydrogen) atoms. The van der Waals surface area contributed by atoms with Crippen molar-refractivity contribution in [2.24, 2.45) is 0 Å². The molecule has 1 aliphatic carbocycles. The molecular formula is C12H16BrNO2. The number of rotatable bonds is 4. The van der Waals surface area contributed by atoms with Crippen molar-refractivity contribution in [1.82, 2.24) is 0 Å². The van der Waals surface area contributed by atoms with Gasteiger partial charge in [0.05, 0.1) is 18.9 Å². The molecule has 0 heterocycles. The molecule has 1 saturated carbocycles. The summed E-state index contributed by atoms with van der Waals surface area (Å²) in [6.45, 7) is 0. The summed E-state index contributed by atoms with van der Waals surface area (Å²) in [6.07, 6.45) is 2.56. The summed E-state index contributed by atoms with van der Waals surface area (Å²) in [5, 5.41) is 3.48. The maximum absolute atomic E-state index is 5.25. The molecule has 1 aromatic rings. The zero-order valence-electron chi connectivity index (χ0n) is 9.50. The van der Waals surface area contributed by atoms with Crippen molar-refractivity contribution in [3.8, 4) is 5.75 Å². The number of anilines is 1. The van der Waals surface area contributed by atoms with Crippen LogP contribution in [-0.4, -0.2) is 26.4 Å². The molecule has 1 fully saturated rings. The minimum absolute atomic E-state index is 0.418. The van der Waals surface area contributed by atoms with Crippen LogP contribution in [0.5, 0.6) is 5.75 Å². The first kappa shape index (κ1) is 11.7. The Hall–Kier alpha value is -0.740. The van der Waals surface area contributed by atoms with Crippen LogP contribution in [0.3, 0.4) is 0 Å². The van der Waals surface area contributed by atoms with Crippen molar-refractivity contribution in [2.75, 3.05) is 19.5 Å². The monoisotopic (exact) mass is 285 g/mol. The molecule has 0 saturated heterocycles. The molecule has 0 spiro atoms. The van der Waals surface area contributed by atoms with Crippen molar-refractivity contribution in [2.45, 2.75) is 25.0 Å². The predicted molar refractivity (Wildman–Crippen MR) is 68.1 cm³/mol. The Labute approximate surface area is 104 Å². The molecule has 0 unspecified atom stereocenters. The van der Waals surface area contributed by atoms with Gasteiger partial charge in [-0.25, -0.2) is 0 Å². The van der Waals surface area contributed by atoms with E-state index in [-0.39, 0.29) is 0 Å². The third-order valence-electron chi connectivity index (χ3n) is 2.96. The maximum atomic E-state index is 5.25. The average Bonchev–Trinajstić information content (AvgIpc) is 2.25. The fraction of sp³-hybridized carbons (Fsp3) is 0.500. The third-order valence-corrected chi connectivity index (χ3v) is 3.65. The number of halogens is 1. The average molecular weight is 286 g/mol. The van der Waals surface area contributed by atoms with Gasteiger partial charge in [-0.2, -0.15) is 0 Å². The summed E-state index contributed by atoms with van der Waals surface area (Å²) in [5.41, 5.74) is 1.08. The van der Waals surface area contributed by atoms with Crippen molar-refractivity contribution in [3.63, 3.8) is 0 Å². The van der Waals surface area contributed by atoms with Gasteiger partial charge in [-0.05, 0) is 40.9 Å². The van der Waals surface area contributed by atoms with Crippen LogP contribution in [0.25, 0.3) is 0 Å². The van der Waals surface area contributed by atoms with E-state index in [0.29, 0.717) is 12.1 Å². The van der Waals surface area contributed by atoms with E-state index in [1.54, 1.807) is 14.2 Å². The molecule has 0 atom stereocenters. The Balaban J connectivity index is 1.98. The topological polar surface area (TPSA) is 30.5 Å². The summed E-state index contributed by atoms with van der Waals surface area (Å²) in [7, 11) is 3.44. The molecule has 1 aromatic carbocycles. The largest absolute Gasteiger partial charge is 0.497 e. The van der Waals surface area contributed by atoms with Crippen molar-refractivity contribution >= 4 is 21.6 Å². The zero-order valence-corrected chi connectivity index (χ0v) is 11.1. The van der Waals surface area contributed by atoms with Crippen LogP contribution in [0.15, 0.2) is 22.7 Å². The van der Waals surface area contributed by atoms with E-state index < -0.39 is 0 Å². The summed E-state index contributed by atoms with van der Waals surface area (Å²) < 4.78 is 11.5. The number of hydrogen-bond donors (Lipinski definition) is 1. The minimum atomic E-state index is 0.418. The van der Waals surface area contributed by atoms with Gasteiger partial charge in [-0.3, -0.25) is 0 Å². The van der Waals surface area contributed by atoms with E-state index in [9.17, 15) is 0 Å². The second-order valence-corrected chi connectivity index (χ2v) is 4.87. The molecule has 0 aliphatic heterocycles. The van der Waals surface area contributed by atoms with Crippen LogP contribution in [-0.2, 0) is 4.74 Å². The number of methoxy groups -OCH3 is 2. The van der Waals surface area contributed by atoms with Gasteiger partial charge in [-0.1, -0.05) is 0 Å². The van der Waals surface area contributed by atoms with Crippen LogP contribution >= 0.6 is 15.9 Å². The highest BCUT2D eigenvalue weighted by Crippen LogP contribution is 2.32. The predicted octanol–water partition coefficient (Wildman–Crippen LogP) is 3.05. The van der Waals surface area contributed by atoms with Gasteiger partial charge in [-0.15, -0.1) is 0 Å². The van der Waals surface area contributed by atoms with E-state index in [2.05, 4.69) is 21.2 Å². The van der Waals surface area contributed by atoms with Gasteiger partial charge in [0.1, 0.15) is 5.75 Å². The van der Waals surface area contributed by atoms with E-state index in [1.165, 1.54) is 0 Å². The fourth-order valence-corrected chi connectivity index (χ4v) is 2.20. The Bertz CT molecular complexity index is 364. The summed E-state index contributed by atoms with van der Waals surface area (Å²) in [5.74, 6) is 0.869. The standard InChI is InChI=1S/C12H16BrNO2/c1-15-9-3-4-11(13)12(7-9)14-8-5-10(6-8)16-2/h3-4,7-8,10,14H,5-6H2,1-2H3. The highest BCUT2D eigenvalue weighted by molar-refractivity contribution is 9.10. The highest BCUT2D eigenvalue weighted by Gasteiger charge is 2.29. The summed E-state index contributed by atoms with van der Waals surface area (Å²) >= 11 is 3.52. The first-order valence-electron chi connectivity index (χ1n) is 5.36. The fourth-order valence-electron chi connectivity index (χ4n) is 1.84. The molecule has 0 radical (unpaired) electrons. The van der Waals surface area contributed by atoms with Gasteiger partial charge in [0.25, 0.3) is 0 Å². The molecule has 1 N–H and O–H groups in total. The smallest absolute Gasteiger partial charge is 0.121 e. The van der Waals surface area contributed by atoms with Crippen LogP contribution in [0.1, 0.15) is 12.8 Å². The van der Waals surface area contributed by atoms with Crippen molar-refractivity contribution in [3.05, 3.63) is 22.7 Å². The normalized spacial score (nSPS) is 23.7. The van der Waals surface area contributed by atoms with Crippen LogP contribution < -0.4 is 10.1 Å². The third kappa shape index (κ3) is 2.50. The lowest BCUT2D eigenvalue weighted by molar-refractivity contribution is 0.0328. The van der Waals surface area contributed by atoms with Crippen molar-refractivity contribution < 1.29 is 9.47 Å². The highest BCUT2D eigenvalue weighted by atomic mass is 79.9. The van der Waals surface area contributed by atoms with E-state index in [4.69, 9.17) is 9.47 Å². The number of hydrogen-bond acceptors (Lipinski definition) is 3. The van der Waals surface area contributed by atoms with Crippen LogP contribution in [0, 0.1) is 0 Å². The Kier molecular flexibility index (Phi) is 3.71. The molecule has 1 aliphatic rings. The summed E-state index contributed by atoms with van der Waals surface area (Å²) in [4.78, 5) is 0. The second-order valence-electron chi connectivity index (χ2n) is 4.02. The molecule has 0 bridgehead atoms. The van der Waals surface area contributed by atoms with Gasteiger partial charge in [0, 0.05) is 23.7 Å². The second kappa shape index (κ2) is 5.06. The number of ether oxygens (including phenoxy) is 2. The lowest BCUT2D eigenvalue weighted by atomic mass is 9.89.